The smallest absolute Gasteiger partial charge is 0.237 e. The summed E-state index contributed by atoms with van der Waals surface area (Å²) >= 11 is 7.63. The third-order valence-corrected chi connectivity index (χ3v) is 6.90. The molecular formula is C25H31ClN4O2S. The molecule has 0 aliphatic heterocycles. The molecule has 3 aromatic rings. The van der Waals surface area contributed by atoms with Crippen LogP contribution in [0.1, 0.15) is 56.6 Å². The normalized spacial score (nSPS) is 12.1. The van der Waals surface area contributed by atoms with Crippen LogP contribution in [0.25, 0.3) is 0 Å². The van der Waals surface area contributed by atoms with E-state index in [0.29, 0.717) is 21.8 Å². The lowest BCUT2D eigenvalue weighted by molar-refractivity contribution is -0.115. The van der Waals surface area contributed by atoms with Crippen LogP contribution in [0.3, 0.4) is 0 Å². The van der Waals surface area contributed by atoms with E-state index in [4.69, 9.17) is 16.3 Å². The van der Waals surface area contributed by atoms with E-state index in [9.17, 15) is 4.79 Å². The number of nitrogens with one attached hydrogen (secondary N) is 1. The SMILES string of the molecule is CCC(CC)n1c(COc2ccccc2Cl)nnc1SC(C)C(=O)Nc1ccc(C)cc1C. The molecule has 3 rings (SSSR count). The molecule has 0 bridgehead atoms. The van der Waals surface area contributed by atoms with Crippen LogP contribution in [0.5, 0.6) is 5.75 Å². The molecule has 0 fully saturated rings. The van der Waals surface area contributed by atoms with E-state index >= 15 is 0 Å². The Morgan fingerprint density at radius 3 is 2.55 bits per heavy atom. The highest BCUT2D eigenvalue weighted by molar-refractivity contribution is 8.00. The lowest BCUT2D eigenvalue weighted by Crippen LogP contribution is -2.24. The quantitative estimate of drug-likeness (QED) is 0.326. The van der Waals surface area contributed by atoms with E-state index in [1.807, 2.05) is 51.1 Å². The molecule has 0 aliphatic carbocycles. The molecule has 176 valence electrons. The Morgan fingerprint density at radius 1 is 1.15 bits per heavy atom. The van der Waals surface area contributed by atoms with Crippen LogP contribution in [0.2, 0.25) is 5.02 Å². The Bertz CT molecular complexity index is 1100. The first-order valence-corrected chi connectivity index (χ1v) is 12.5. The third-order valence-electron chi connectivity index (χ3n) is 5.53. The van der Waals surface area contributed by atoms with Crippen molar-refractivity contribution in [3.05, 3.63) is 64.4 Å². The van der Waals surface area contributed by atoms with Gasteiger partial charge >= 0.3 is 0 Å². The molecule has 6 nitrogen and oxygen atoms in total. The third kappa shape index (κ3) is 6.30. The average Bonchev–Trinajstić information content (AvgIpc) is 3.18. The molecule has 1 atom stereocenters. The Morgan fingerprint density at radius 2 is 1.88 bits per heavy atom. The van der Waals surface area contributed by atoms with E-state index in [-0.39, 0.29) is 23.8 Å². The lowest BCUT2D eigenvalue weighted by Gasteiger charge is -2.20. The summed E-state index contributed by atoms with van der Waals surface area (Å²) in [7, 11) is 0. The zero-order chi connectivity index (χ0) is 24.0. The highest BCUT2D eigenvalue weighted by Gasteiger charge is 2.24. The van der Waals surface area contributed by atoms with E-state index in [1.165, 1.54) is 11.8 Å². The molecule has 1 unspecified atom stereocenters. The second-order valence-corrected chi connectivity index (χ2v) is 9.74. The number of aryl methyl sites for hydroxylation is 2. The Kier molecular flexibility index (Phi) is 8.80. The van der Waals surface area contributed by atoms with E-state index in [0.717, 1.165) is 29.7 Å². The minimum absolute atomic E-state index is 0.0695. The fourth-order valence-corrected chi connectivity index (χ4v) is 4.74. The van der Waals surface area contributed by atoms with Gasteiger partial charge in [0.25, 0.3) is 0 Å². The first-order chi connectivity index (χ1) is 15.8. The summed E-state index contributed by atoms with van der Waals surface area (Å²) in [5.74, 6) is 1.25. The maximum absolute atomic E-state index is 12.9. The summed E-state index contributed by atoms with van der Waals surface area (Å²) in [6, 6.07) is 13.6. The minimum Gasteiger partial charge on any atom is -0.484 e. The molecular weight excluding hydrogens is 456 g/mol. The van der Waals surface area contributed by atoms with Gasteiger partial charge in [-0.3, -0.25) is 4.79 Å². The van der Waals surface area contributed by atoms with Crippen molar-refractivity contribution in [3.8, 4) is 5.75 Å². The zero-order valence-electron chi connectivity index (χ0n) is 19.8. The number of halogens is 1. The topological polar surface area (TPSA) is 69.0 Å². The van der Waals surface area contributed by atoms with Gasteiger partial charge in [0.05, 0.1) is 10.3 Å². The highest BCUT2D eigenvalue weighted by atomic mass is 35.5. The fraction of sp³-hybridized carbons (Fsp3) is 0.400. The van der Waals surface area contributed by atoms with Crippen LogP contribution >= 0.6 is 23.4 Å². The summed E-state index contributed by atoms with van der Waals surface area (Å²) in [4.78, 5) is 12.9. The van der Waals surface area contributed by atoms with Gasteiger partial charge in [-0.1, -0.05) is 67.0 Å². The van der Waals surface area contributed by atoms with Crippen molar-refractivity contribution in [2.45, 2.75) is 70.5 Å². The first kappa shape index (κ1) is 25.1. The van der Waals surface area contributed by atoms with Crippen LogP contribution in [0, 0.1) is 13.8 Å². The molecule has 1 amide bonds. The number of amides is 1. The molecule has 8 heteroatoms. The van der Waals surface area contributed by atoms with Crippen LogP contribution in [0.4, 0.5) is 5.69 Å². The molecule has 33 heavy (non-hydrogen) atoms. The lowest BCUT2D eigenvalue weighted by atomic mass is 10.1. The maximum Gasteiger partial charge on any atom is 0.237 e. The van der Waals surface area contributed by atoms with Gasteiger partial charge in [-0.2, -0.15) is 0 Å². The Labute approximate surface area is 205 Å². The molecule has 0 aliphatic rings. The van der Waals surface area contributed by atoms with Crippen molar-refractivity contribution in [1.29, 1.82) is 0 Å². The largest absolute Gasteiger partial charge is 0.484 e. The second kappa shape index (κ2) is 11.6. The van der Waals surface area contributed by atoms with Crippen molar-refractivity contribution >= 4 is 35.0 Å². The molecule has 1 N–H and O–H groups in total. The fourth-order valence-electron chi connectivity index (χ4n) is 3.61. The standard InChI is InChI=1S/C25H31ClN4O2S/c1-6-19(7-2)30-23(15-32-22-11-9-8-10-20(22)26)28-29-25(30)33-18(5)24(31)27-21-13-12-16(3)14-17(21)4/h8-14,18-19H,6-7,15H2,1-5H3,(H,27,31). The number of carbonyl (C=O) groups excluding carboxylic acids is 1. The maximum atomic E-state index is 12.9. The van der Waals surface area contributed by atoms with Crippen LogP contribution in [-0.2, 0) is 11.4 Å². The minimum atomic E-state index is -0.347. The molecule has 1 heterocycles. The van der Waals surface area contributed by atoms with Gasteiger partial charge in [0.1, 0.15) is 12.4 Å². The van der Waals surface area contributed by atoms with Gasteiger partial charge in [0.2, 0.25) is 5.91 Å². The predicted molar refractivity (Wildman–Crippen MR) is 135 cm³/mol. The van der Waals surface area contributed by atoms with Crippen LogP contribution < -0.4 is 10.1 Å². The van der Waals surface area contributed by atoms with Gasteiger partial charge in [-0.05, 0) is 57.4 Å². The number of hydrogen-bond acceptors (Lipinski definition) is 5. The molecule has 2 aromatic carbocycles. The molecule has 0 saturated heterocycles. The zero-order valence-corrected chi connectivity index (χ0v) is 21.3. The monoisotopic (exact) mass is 486 g/mol. The van der Waals surface area contributed by atoms with E-state index in [1.54, 1.807) is 6.07 Å². The summed E-state index contributed by atoms with van der Waals surface area (Å²) < 4.78 is 8.03. The first-order valence-electron chi connectivity index (χ1n) is 11.2. The van der Waals surface area contributed by atoms with Gasteiger partial charge < -0.3 is 14.6 Å². The van der Waals surface area contributed by atoms with Crippen LogP contribution in [0.15, 0.2) is 47.6 Å². The predicted octanol–water partition coefficient (Wildman–Crippen LogP) is 6.61. The van der Waals surface area contributed by atoms with Crippen molar-refractivity contribution in [3.63, 3.8) is 0 Å². The number of thioether (sulfide) groups is 1. The molecule has 0 radical (unpaired) electrons. The van der Waals surface area contributed by atoms with Crippen LogP contribution in [-0.4, -0.2) is 25.9 Å². The number of ether oxygens (including phenoxy) is 1. The number of benzene rings is 2. The second-order valence-electron chi connectivity index (χ2n) is 8.03. The number of hydrogen-bond donors (Lipinski definition) is 1. The number of para-hydroxylation sites is 1. The van der Waals surface area contributed by atoms with Gasteiger partial charge in [0.15, 0.2) is 11.0 Å². The van der Waals surface area contributed by atoms with Crippen molar-refractivity contribution < 1.29 is 9.53 Å². The van der Waals surface area contributed by atoms with Gasteiger partial charge in [-0.25, -0.2) is 0 Å². The van der Waals surface area contributed by atoms with Crippen molar-refractivity contribution in [1.82, 2.24) is 14.8 Å². The summed E-state index contributed by atoms with van der Waals surface area (Å²) in [5.41, 5.74) is 3.03. The van der Waals surface area contributed by atoms with Crippen molar-refractivity contribution in [2.75, 3.05) is 5.32 Å². The average molecular weight is 487 g/mol. The van der Waals surface area contributed by atoms with Gasteiger partial charge in [-0.15, -0.1) is 10.2 Å². The number of carbonyl (C=O) groups is 1. The number of anilines is 1. The van der Waals surface area contributed by atoms with E-state index < -0.39 is 0 Å². The summed E-state index contributed by atoms with van der Waals surface area (Å²) in [6.07, 6.45) is 1.84. The molecule has 0 saturated carbocycles. The number of nitrogens with zero attached hydrogens (tertiary/aromatic N) is 3. The summed E-state index contributed by atoms with van der Waals surface area (Å²) in [5, 5.41) is 12.8. The Balaban J connectivity index is 1.77. The Hall–Kier alpha value is -2.51. The van der Waals surface area contributed by atoms with Gasteiger partial charge in [0, 0.05) is 11.7 Å². The number of aromatic nitrogens is 3. The summed E-state index contributed by atoms with van der Waals surface area (Å²) in [6.45, 7) is 10.4. The number of rotatable bonds is 10. The highest BCUT2D eigenvalue weighted by Crippen LogP contribution is 2.30. The molecule has 0 spiro atoms. The molecule has 1 aromatic heterocycles. The van der Waals surface area contributed by atoms with E-state index in [2.05, 4.69) is 40.0 Å². The van der Waals surface area contributed by atoms with Crippen molar-refractivity contribution in [2.24, 2.45) is 0 Å².